The molecule has 1 aromatic carbocycles. The van der Waals surface area contributed by atoms with Gasteiger partial charge in [-0.05, 0) is 12.1 Å². The van der Waals surface area contributed by atoms with E-state index in [0.29, 0.717) is 16.7 Å². The van der Waals surface area contributed by atoms with Gasteiger partial charge in [0.1, 0.15) is 5.01 Å². The van der Waals surface area contributed by atoms with E-state index in [1.54, 1.807) is 12.1 Å². The Balaban J connectivity index is 2.10. The summed E-state index contributed by atoms with van der Waals surface area (Å²) in [5, 5.41) is 12.4. The maximum absolute atomic E-state index is 11.3. The lowest BCUT2D eigenvalue weighted by Crippen LogP contribution is -2.15. The van der Waals surface area contributed by atoms with Gasteiger partial charge in [0.05, 0.1) is 0 Å². The zero-order chi connectivity index (χ0) is 13.0. The monoisotopic (exact) mass is 282 g/mol. The summed E-state index contributed by atoms with van der Waals surface area (Å²) in [6.45, 7) is 0.314. The van der Waals surface area contributed by atoms with Crippen LogP contribution >= 0.6 is 22.9 Å². The van der Waals surface area contributed by atoms with Crippen LogP contribution in [0, 0.1) is 0 Å². The standard InChI is InChI=1S/C11H11ClN4OS/c12-8-3-1-7(2-4-8)10-15-16-11(18-10)14-9(17)5-6-13/h1-4H,5-6,13H2,(H,14,16,17). The fraction of sp³-hybridized carbons (Fsp3) is 0.182. The molecule has 1 aromatic heterocycles. The van der Waals surface area contributed by atoms with Crippen LogP contribution in [0.1, 0.15) is 6.42 Å². The Kier molecular flexibility index (Phi) is 4.24. The van der Waals surface area contributed by atoms with Gasteiger partial charge in [-0.1, -0.05) is 35.1 Å². The average molecular weight is 283 g/mol. The van der Waals surface area contributed by atoms with Crippen LogP contribution in [0.25, 0.3) is 10.6 Å². The van der Waals surface area contributed by atoms with Gasteiger partial charge in [0, 0.05) is 23.6 Å². The number of nitrogens with one attached hydrogen (secondary N) is 1. The lowest BCUT2D eigenvalue weighted by molar-refractivity contribution is -0.116. The minimum atomic E-state index is -0.156. The number of hydrogen-bond acceptors (Lipinski definition) is 5. The van der Waals surface area contributed by atoms with Gasteiger partial charge >= 0.3 is 0 Å². The van der Waals surface area contributed by atoms with Gasteiger partial charge in [0.2, 0.25) is 11.0 Å². The van der Waals surface area contributed by atoms with Crippen LogP contribution in [0.3, 0.4) is 0 Å². The molecule has 0 aliphatic rings. The quantitative estimate of drug-likeness (QED) is 0.900. The molecule has 0 radical (unpaired) electrons. The van der Waals surface area contributed by atoms with Crippen molar-refractivity contribution in [3.63, 3.8) is 0 Å². The van der Waals surface area contributed by atoms with Crippen LogP contribution in [-0.2, 0) is 4.79 Å². The predicted molar refractivity (Wildman–Crippen MR) is 72.7 cm³/mol. The van der Waals surface area contributed by atoms with Crippen LogP contribution in [0.4, 0.5) is 5.13 Å². The summed E-state index contributed by atoms with van der Waals surface area (Å²) in [7, 11) is 0. The van der Waals surface area contributed by atoms with E-state index in [1.165, 1.54) is 11.3 Å². The molecule has 0 spiro atoms. The van der Waals surface area contributed by atoms with Crippen LogP contribution < -0.4 is 11.1 Å². The number of amides is 1. The van der Waals surface area contributed by atoms with E-state index in [2.05, 4.69) is 15.5 Å². The highest BCUT2D eigenvalue weighted by atomic mass is 35.5. The Morgan fingerprint density at radius 2 is 2.06 bits per heavy atom. The third kappa shape index (κ3) is 3.25. The molecule has 5 nitrogen and oxygen atoms in total. The Hall–Kier alpha value is -1.50. The molecular formula is C11H11ClN4OS. The van der Waals surface area contributed by atoms with Crippen molar-refractivity contribution in [2.24, 2.45) is 5.73 Å². The Bertz CT molecular complexity index is 540. The number of carbonyl (C=O) groups is 1. The topological polar surface area (TPSA) is 80.9 Å². The molecule has 94 valence electrons. The highest BCUT2D eigenvalue weighted by Crippen LogP contribution is 2.27. The van der Waals surface area contributed by atoms with Crippen molar-refractivity contribution in [1.82, 2.24) is 10.2 Å². The summed E-state index contributed by atoms with van der Waals surface area (Å²) in [5.41, 5.74) is 6.20. The molecule has 0 saturated carbocycles. The first-order chi connectivity index (χ1) is 8.69. The summed E-state index contributed by atoms with van der Waals surface area (Å²) < 4.78 is 0. The number of halogens is 1. The number of carbonyl (C=O) groups excluding carboxylic acids is 1. The molecule has 3 N–H and O–H groups in total. The lowest BCUT2D eigenvalue weighted by Gasteiger charge is -1.97. The fourth-order valence-electron chi connectivity index (χ4n) is 1.30. The first-order valence-corrected chi connectivity index (χ1v) is 6.48. The lowest BCUT2D eigenvalue weighted by atomic mass is 10.2. The van der Waals surface area contributed by atoms with Crippen molar-refractivity contribution in [3.05, 3.63) is 29.3 Å². The number of hydrogen-bond donors (Lipinski definition) is 2. The van der Waals surface area contributed by atoms with Crippen molar-refractivity contribution in [2.75, 3.05) is 11.9 Å². The summed E-state index contributed by atoms with van der Waals surface area (Å²) in [4.78, 5) is 11.3. The first-order valence-electron chi connectivity index (χ1n) is 5.28. The van der Waals surface area contributed by atoms with Gasteiger partial charge < -0.3 is 11.1 Å². The molecule has 0 aliphatic carbocycles. The van der Waals surface area contributed by atoms with Crippen molar-refractivity contribution < 1.29 is 4.79 Å². The van der Waals surface area contributed by atoms with E-state index in [9.17, 15) is 4.79 Å². The Morgan fingerprint density at radius 3 is 2.72 bits per heavy atom. The molecule has 0 unspecified atom stereocenters. The minimum absolute atomic E-state index is 0.156. The first kappa shape index (κ1) is 12.9. The van der Waals surface area contributed by atoms with Crippen LogP contribution in [-0.4, -0.2) is 22.6 Å². The fourth-order valence-corrected chi connectivity index (χ4v) is 2.19. The normalized spacial score (nSPS) is 10.3. The molecule has 0 bridgehead atoms. The Morgan fingerprint density at radius 1 is 1.33 bits per heavy atom. The minimum Gasteiger partial charge on any atom is -0.330 e. The SMILES string of the molecule is NCCC(=O)Nc1nnc(-c2ccc(Cl)cc2)s1. The largest absolute Gasteiger partial charge is 0.330 e. The smallest absolute Gasteiger partial charge is 0.227 e. The molecule has 1 amide bonds. The molecule has 2 rings (SSSR count). The van der Waals surface area contributed by atoms with Gasteiger partial charge in [-0.3, -0.25) is 4.79 Å². The molecular weight excluding hydrogens is 272 g/mol. The molecule has 7 heteroatoms. The number of nitrogens with two attached hydrogens (primary N) is 1. The predicted octanol–water partition coefficient (Wildman–Crippen LogP) is 2.15. The molecule has 0 aliphatic heterocycles. The van der Waals surface area contributed by atoms with Crippen molar-refractivity contribution in [2.45, 2.75) is 6.42 Å². The summed E-state index contributed by atoms with van der Waals surface area (Å²) in [6, 6.07) is 7.28. The van der Waals surface area contributed by atoms with E-state index in [-0.39, 0.29) is 12.3 Å². The molecule has 0 saturated heterocycles. The van der Waals surface area contributed by atoms with Crippen molar-refractivity contribution in [3.8, 4) is 10.6 Å². The van der Waals surface area contributed by atoms with Crippen LogP contribution in [0.15, 0.2) is 24.3 Å². The van der Waals surface area contributed by atoms with Gasteiger partial charge in [-0.15, -0.1) is 10.2 Å². The van der Waals surface area contributed by atoms with Gasteiger partial charge in [0.25, 0.3) is 0 Å². The number of nitrogens with zero attached hydrogens (tertiary/aromatic N) is 2. The molecule has 0 fully saturated rings. The summed E-state index contributed by atoms with van der Waals surface area (Å²) in [6.07, 6.45) is 0.274. The second-order valence-corrected chi connectivity index (χ2v) is 4.92. The van der Waals surface area contributed by atoms with Crippen LogP contribution in [0.5, 0.6) is 0 Å². The highest BCUT2D eigenvalue weighted by Gasteiger charge is 2.08. The number of aromatic nitrogens is 2. The highest BCUT2D eigenvalue weighted by molar-refractivity contribution is 7.18. The van der Waals surface area contributed by atoms with Crippen molar-refractivity contribution >= 4 is 34.0 Å². The van der Waals surface area contributed by atoms with E-state index >= 15 is 0 Å². The molecule has 18 heavy (non-hydrogen) atoms. The molecule has 1 heterocycles. The maximum atomic E-state index is 11.3. The molecule has 2 aromatic rings. The maximum Gasteiger partial charge on any atom is 0.227 e. The zero-order valence-corrected chi connectivity index (χ0v) is 11.0. The second kappa shape index (κ2) is 5.90. The van der Waals surface area contributed by atoms with Gasteiger partial charge in [0.15, 0.2) is 0 Å². The van der Waals surface area contributed by atoms with Crippen molar-refractivity contribution in [1.29, 1.82) is 0 Å². The number of rotatable bonds is 4. The Labute approximate surface area is 113 Å². The van der Waals surface area contributed by atoms with E-state index in [1.807, 2.05) is 12.1 Å². The zero-order valence-electron chi connectivity index (χ0n) is 9.39. The number of benzene rings is 1. The van der Waals surface area contributed by atoms with E-state index in [4.69, 9.17) is 17.3 Å². The van der Waals surface area contributed by atoms with E-state index in [0.717, 1.165) is 10.6 Å². The van der Waals surface area contributed by atoms with Gasteiger partial charge in [-0.25, -0.2) is 0 Å². The van der Waals surface area contributed by atoms with Crippen LogP contribution in [0.2, 0.25) is 5.02 Å². The third-order valence-corrected chi connectivity index (χ3v) is 3.27. The number of anilines is 1. The summed E-state index contributed by atoms with van der Waals surface area (Å²) >= 11 is 7.11. The second-order valence-electron chi connectivity index (χ2n) is 3.51. The van der Waals surface area contributed by atoms with Gasteiger partial charge in [-0.2, -0.15) is 0 Å². The third-order valence-electron chi connectivity index (χ3n) is 2.13. The average Bonchev–Trinajstić information content (AvgIpc) is 2.78. The summed E-state index contributed by atoms with van der Waals surface area (Å²) in [5.74, 6) is -0.156. The van der Waals surface area contributed by atoms with E-state index < -0.39 is 0 Å². The molecule has 0 atom stereocenters.